The van der Waals surface area contributed by atoms with E-state index in [9.17, 15) is 0 Å². The fourth-order valence-corrected chi connectivity index (χ4v) is 2.20. The van der Waals surface area contributed by atoms with Gasteiger partial charge in [0.25, 0.3) is 0 Å². The Bertz CT molecular complexity index is 655. The highest BCUT2D eigenvalue weighted by Gasteiger charge is 2.04. The van der Waals surface area contributed by atoms with Crippen molar-refractivity contribution in [2.24, 2.45) is 0 Å². The van der Waals surface area contributed by atoms with Crippen molar-refractivity contribution in [2.45, 2.75) is 13.0 Å². The summed E-state index contributed by atoms with van der Waals surface area (Å²) in [6, 6.07) is 16.2. The first-order valence-corrected chi connectivity index (χ1v) is 7.90. The van der Waals surface area contributed by atoms with Crippen LogP contribution in [0.25, 0.3) is 0 Å². The molecule has 0 saturated heterocycles. The molecule has 0 aromatic heterocycles. The normalized spacial score (nSPS) is 9.62. The fourth-order valence-electron chi connectivity index (χ4n) is 2.20. The number of hydrogen-bond acceptors (Lipinski definition) is 5. The highest BCUT2D eigenvalue weighted by molar-refractivity contribution is 6.27. The van der Waals surface area contributed by atoms with Gasteiger partial charge in [0, 0.05) is 12.1 Å². The molecule has 0 aliphatic rings. The molecule has 7 nitrogen and oxygen atoms in total. The molecule has 0 saturated carbocycles. The van der Waals surface area contributed by atoms with E-state index >= 15 is 0 Å². The molecule has 0 radical (unpaired) electrons. The van der Waals surface area contributed by atoms with E-state index in [4.69, 9.17) is 29.3 Å². The van der Waals surface area contributed by atoms with Crippen LogP contribution in [0, 0.1) is 0 Å². The number of carbonyl (C=O) groups is 2. The van der Waals surface area contributed by atoms with Gasteiger partial charge in [0.2, 0.25) is 0 Å². The smallest absolute Gasteiger partial charge is 0.414 e. The zero-order chi connectivity index (χ0) is 19.4. The minimum atomic E-state index is -1.82. The Labute approximate surface area is 152 Å². The zero-order valence-electron chi connectivity index (χ0n) is 14.8. The number of methoxy groups -OCH3 is 2. The minimum Gasteiger partial charge on any atom is -0.496 e. The number of rotatable bonds is 7. The maximum Gasteiger partial charge on any atom is 0.414 e. The summed E-state index contributed by atoms with van der Waals surface area (Å²) < 4.78 is 10.7. The van der Waals surface area contributed by atoms with E-state index in [0.29, 0.717) is 0 Å². The molecule has 0 fully saturated rings. The SMILES string of the molecule is COc1ccccc1CCNCc1ccccc1OC.O=C(O)C(=O)O. The molecule has 7 heteroatoms. The van der Waals surface area contributed by atoms with Gasteiger partial charge >= 0.3 is 11.9 Å². The van der Waals surface area contributed by atoms with Gasteiger partial charge in [0.15, 0.2) is 0 Å². The Morgan fingerprint density at radius 2 is 1.31 bits per heavy atom. The van der Waals surface area contributed by atoms with Crippen molar-refractivity contribution in [2.75, 3.05) is 20.8 Å². The maximum atomic E-state index is 9.10. The van der Waals surface area contributed by atoms with E-state index in [1.54, 1.807) is 14.2 Å². The number of ether oxygens (including phenoxy) is 2. The van der Waals surface area contributed by atoms with Gasteiger partial charge in [0.1, 0.15) is 11.5 Å². The molecule has 3 N–H and O–H groups in total. The van der Waals surface area contributed by atoms with Crippen molar-refractivity contribution in [3.8, 4) is 11.5 Å². The Hall–Kier alpha value is -3.06. The summed E-state index contributed by atoms with van der Waals surface area (Å²) in [6.45, 7) is 1.71. The topological polar surface area (TPSA) is 105 Å². The molecular formula is C19H23NO6. The van der Waals surface area contributed by atoms with Gasteiger partial charge in [-0.2, -0.15) is 0 Å². The summed E-state index contributed by atoms with van der Waals surface area (Å²) in [7, 11) is 3.41. The number of carboxylic acids is 2. The third-order valence-electron chi connectivity index (χ3n) is 3.45. The molecular weight excluding hydrogens is 338 g/mol. The van der Waals surface area contributed by atoms with Gasteiger partial charge in [-0.1, -0.05) is 36.4 Å². The van der Waals surface area contributed by atoms with E-state index < -0.39 is 11.9 Å². The lowest BCUT2D eigenvalue weighted by Crippen LogP contribution is -2.17. The second-order valence-corrected chi connectivity index (χ2v) is 5.16. The molecule has 0 atom stereocenters. The van der Waals surface area contributed by atoms with E-state index in [0.717, 1.165) is 31.0 Å². The van der Waals surface area contributed by atoms with Gasteiger partial charge in [-0.05, 0) is 30.7 Å². The number of hydrogen-bond donors (Lipinski definition) is 3. The highest BCUT2D eigenvalue weighted by Crippen LogP contribution is 2.18. The van der Waals surface area contributed by atoms with Crippen molar-refractivity contribution >= 4 is 11.9 Å². The third-order valence-corrected chi connectivity index (χ3v) is 3.45. The predicted molar refractivity (Wildman–Crippen MR) is 96.7 cm³/mol. The summed E-state index contributed by atoms with van der Waals surface area (Å²) in [6.07, 6.45) is 0.944. The van der Waals surface area contributed by atoms with Crippen LogP contribution in [0.1, 0.15) is 11.1 Å². The Kier molecular flexibility index (Phi) is 9.27. The highest BCUT2D eigenvalue weighted by atomic mass is 16.5. The predicted octanol–water partition coefficient (Wildman–Crippen LogP) is 2.19. The fraction of sp³-hybridized carbons (Fsp3) is 0.263. The standard InChI is InChI=1S/C17H21NO2.C2H2O4/c1-19-16-9-5-3-7-14(16)11-12-18-13-15-8-4-6-10-17(15)20-2;3-1(4)2(5)6/h3-10,18H,11-13H2,1-2H3;(H,3,4)(H,5,6). The van der Waals surface area contributed by atoms with E-state index in [-0.39, 0.29) is 0 Å². The summed E-state index contributed by atoms with van der Waals surface area (Å²) in [4.78, 5) is 18.2. The van der Waals surface area contributed by atoms with Crippen molar-refractivity contribution in [1.29, 1.82) is 0 Å². The van der Waals surface area contributed by atoms with Crippen LogP contribution in [-0.2, 0) is 22.6 Å². The molecule has 0 spiro atoms. The summed E-state index contributed by atoms with van der Waals surface area (Å²) in [5.74, 6) is -1.77. The number of nitrogens with one attached hydrogen (secondary N) is 1. The van der Waals surface area contributed by atoms with Crippen LogP contribution in [0.5, 0.6) is 11.5 Å². The summed E-state index contributed by atoms with van der Waals surface area (Å²) in [5.41, 5.74) is 2.40. The van der Waals surface area contributed by atoms with Crippen LogP contribution in [0.15, 0.2) is 48.5 Å². The van der Waals surface area contributed by atoms with Crippen LogP contribution in [0.3, 0.4) is 0 Å². The van der Waals surface area contributed by atoms with Crippen LogP contribution in [0.2, 0.25) is 0 Å². The third kappa shape index (κ3) is 7.23. The van der Waals surface area contributed by atoms with Gasteiger partial charge in [-0.15, -0.1) is 0 Å². The lowest BCUT2D eigenvalue weighted by atomic mass is 10.1. The molecule has 0 aliphatic heterocycles. The molecule has 0 aliphatic carbocycles. The quantitative estimate of drug-likeness (QED) is 0.513. The maximum absolute atomic E-state index is 9.10. The lowest BCUT2D eigenvalue weighted by molar-refractivity contribution is -0.159. The minimum absolute atomic E-state index is 0.805. The molecule has 0 bridgehead atoms. The average molecular weight is 361 g/mol. The van der Waals surface area contributed by atoms with Gasteiger partial charge < -0.3 is 25.0 Å². The molecule has 0 heterocycles. The Morgan fingerprint density at radius 3 is 1.81 bits per heavy atom. The molecule has 2 rings (SSSR count). The van der Waals surface area contributed by atoms with Crippen LogP contribution in [0.4, 0.5) is 0 Å². The number of aliphatic carboxylic acids is 2. The second-order valence-electron chi connectivity index (χ2n) is 5.16. The molecule has 2 aromatic rings. The Balaban J connectivity index is 0.000000487. The van der Waals surface area contributed by atoms with Crippen molar-refractivity contribution < 1.29 is 29.3 Å². The van der Waals surface area contributed by atoms with Crippen LogP contribution < -0.4 is 14.8 Å². The van der Waals surface area contributed by atoms with E-state index in [2.05, 4.69) is 17.4 Å². The first-order valence-electron chi connectivity index (χ1n) is 7.90. The van der Waals surface area contributed by atoms with Crippen molar-refractivity contribution in [3.63, 3.8) is 0 Å². The summed E-state index contributed by atoms with van der Waals surface area (Å²) in [5, 5.41) is 18.2. The van der Waals surface area contributed by atoms with Crippen LogP contribution in [-0.4, -0.2) is 42.9 Å². The molecule has 140 valence electrons. The first kappa shape index (κ1) is 21.0. The van der Waals surface area contributed by atoms with E-state index in [1.165, 1.54) is 11.1 Å². The molecule has 2 aromatic carbocycles. The number of carboxylic acid groups (broad SMARTS) is 2. The lowest BCUT2D eigenvalue weighted by Gasteiger charge is -2.11. The number of para-hydroxylation sites is 2. The Morgan fingerprint density at radius 1 is 0.846 bits per heavy atom. The van der Waals surface area contributed by atoms with Gasteiger partial charge in [-0.3, -0.25) is 0 Å². The molecule has 0 unspecified atom stereocenters. The largest absolute Gasteiger partial charge is 0.496 e. The average Bonchev–Trinajstić information content (AvgIpc) is 2.66. The molecule has 0 amide bonds. The zero-order valence-corrected chi connectivity index (χ0v) is 14.8. The van der Waals surface area contributed by atoms with Crippen molar-refractivity contribution in [1.82, 2.24) is 5.32 Å². The van der Waals surface area contributed by atoms with Crippen molar-refractivity contribution in [3.05, 3.63) is 59.7 Å². The second kappa shape index (κ2) is 11.5. The number of benzene rings is 2. The van der Waals surface area contributed by atoms with Crippen LogP contribution >= 0.6 is 0 Å². The van der Waals surface area contributed by atoms with E-state index in [1.807, 2.05) is 36.4 Å². The summed E-state index contributed by atoms with van der Waals surface area (Å²) >= 11 is 0. The van der Waals surface area contributed by atoms with Gasteiger partial charge in [-0.25, -0.2) is 9.59 Å². The van der Waals surface area contributed by atoms with Gasteiger partial charge in [0.05, 0.1) is 14.2 Å². The first-order chi connectivity index (χ1) is 12.5. The molecule has 26 heavy (non-hydrogen) atoms. The monoisotopic (exact) mass is 361 g/mol.